The van der Waals surface area contributed by atoms with Crippen LogP contribution >= 0.6 is 0 Å². The summed E-state index contributed by atoms with van der Waals surface area (Å²) >= 11 is 0. The van der Waals surface area contributed by atoms with Crippen molar-refractivity contribution < 1.29 is 32.3 Å². The fraction of sp³-hybridized carbons (Fsp3) is 0.412. The molecule has 2 unspecified atom stereocenters. The van der Waals surface area contributed by atoms with Gasteiger partial charge in [0.1, 0.15) is 11.9 Å². The molecule has 1 aliphatic rings. The molecule has 2 amide bonds. The average molecular weight is 398 g/mol. The third kappa shape index (κ3) is 4.04. The predicted molar refractivity (Wildman–Crippen MR) is 94.4 cm³/mol. The molecule has 1 heterocycles. The number of ether oxygens (including phenoxy) is 1. The Labute approximate surface area is 156 Å². The van der Waals surface area contributed by atoms with E-state index in [1.807, 2.05) is 0 Å². The lowest BCUT2D eigenvalue weighted by atomic mass is 10.0. The van der Waals surface area contributed by atoms with E-state index in [-0.39, 0.29) is 12.2 Å². The Morgan fingerprint density at radius 2 is 2.19 bits per heavy atom. The molecule has 2 rings (SSSR count). The van der Waals surface area contributed by atoms with E-state index in [1.54, 1.807) is 6.92 Å². The summed E-state index contributed by atoms with van der Waals surface area (Å²) in [6.07, 6.45) is -1.43. The molecule has 0 spiro atoms. The van der Waals surface area contributed by atoms with Crippen molar-refractivity contribution >= 4 is 27.5 Å². The van der Waals surface area contributed by atoms with E-state index >= 15 is 0 Å². The van der Waals surface area contributed by atoms with Crippen molar-refractivity contribution in [3.63, 3.8) is 0 Å². The van der Waals surface area contributed by atoms with Crippen LogP contribution in [0.25, 0.3) is 0 Å². The van der Waals surface area contributed by atoms with Gasteiger partial charge in [-0.3, -0.25) is 14.9 Å². The number of nitrogens with zero attached hydrogens (tertiary/aromatic N) is 1. The number of cyclic esters (lactones) is 1. The third-order valence-corrected chi connectivity index (χ3v) is 6.39. The molecule has 0 radical (unpaired) electrons. The SMILES string of the molecule is CC#Cc1ccc(N2CC(CC(C)(C(=O)NO)S(C)(=O)=O)OC2=O)c(F)c1. The predicted octanol–water partition coefficient (Wildman–Crippen LogP) is 1.22. The van der Waals surface area contributed by atoms with Gasteiger partial charge in [0.15, 0.2) is 14.6 Å². The molecular formula is C17H19FN2O6S. The van der Waals surface area contributed by atoms with Gasteiger partial charge in [-0.25, -0.2) is 23.1 Å². The quantitative estimate of drug-likeness (QED) is 0.438. The molecule has 27 heavy (non-hydrogen) atoms. The molecule has 1 saturated heterocycles. The molecule has 0 bridgehead atoms. The lowest BCUT2D eigenvalue weighted by Crippen LogP contribution is -2.51. The van der Waals surface area contributed by atoms with E-state index < -0.39 is 44.9 Å². The molecule has 2 atom stereocenters. The van der Waals surface area contributed by atoms with Crippen molar-refractivity contribution in [2.24, 2.45) is 0 Å². The van der Waals surface area contributed by atoms with Crippen molar-refractivity contribution in [2.45, 2.75) is 31.1 Å². The van der Waals surface area contributed by atoms with Crippen LogP contribution in [0.5, 0.6) is 0 Å². The van der Waals surface area contributed by atoms with Crippen LogP contribution in [0.15, 0.2) is 18.2 Å². The maximum Gasteiger partial charge on any atom is 0.414 e. The highest BCUT2D eigenvalue weighted by atomic mass is 32.2. The van der Waals surface area contributed by atoms with Crippen LogP contribution in [0.1, 0.15) is 25.8 Å². The fourth-order valence-corrected chi connectivity index (χ4v) is 3.61. The first kappa shape index (κ1) is 20.7. The van der Waals surface area contributed by atoms with Crippen LogP contribution in [0, 0.1) is 17.7 Å². The zero-order chi connectivity index (χ0) is 20.4. The van der Waals surface area contributed by atoms with Crippen LogP contribution in [-0.4, -0.2) is 49.3 Å². The molecule has 1 fully saturated rings. The van der Waals surface area contributed by atoms with Crippen LogP contribution in [0.4, 0.5) is 14.9 Å². The van der Waals surface area contributed by atoms with Gasteiger partial charge >= 0.3 is 6.09 Å². The minimum Gasteiger partial charge on any atom is -0.444 e. The van der Waals surface area contributed by atoms with E-state index in [2.05, 4.69) is 11.8 Å². The number of sulfone groups is 1. The minimum absolute atomic E-state index is 0.0446. The molecule has 0 aliphatic carbocycles. The summed E-state index contributed by atoms with van der Waals surface area (Å²) < 4.78 is 41.5. The number of amides is 2. The zero-order valence-electron chi connectivity index (χ0n) is 14.9. The number of hydroxylamine groups is 1. The van der Waals surface area contributed by atoms with Crippen LogP contribution < -0.4 is 10.4 Å². The van der Waals surface area contributed by atoms with Gasteiger partial charge in [0.05, 0.1) is 12.2 Å². The normalized spacial score (nSPS) is 18.9. The Balaban J connectivity index is 2.27. The number of hydrogen-bond acceptors (Lipinski definition) is 6. The van der Waals surface area contributed by atoms with E-state index in [9.17, 15) is 22.4 Å². The summed E-state index contributed by atoms with van der Waals surface area (Å²) in [5.74, 6) is 3.49. The number of nitrogens with one attached hydrogen (secondary N) is 1. The lowest BCUT2D eigenvalue weighted by molar-refractivity contribution is -0.132. The van der Waals surface area contributed by atoms with Gasteiger partial charge in [-0.1, -0.05) is 5.92 Å². The molecule has 8 nitrogen and oxygen atoms in total. The fourth-order valence-electron chi connectivity index (χ4n) is 2.74. The first-order chi connectivity index (χ1) is 12.5. The number of benzene rings is 1. The van der Waals surface area contributed by atoms with Crippen LogP contribution in [0.3, 0.4) is 0 Å². The Kier molecular flexibility index (Phi) is 5.77. The molecule has 1 aromatic rings. The maximum absolute atomic E-state index is 14.3. The van der Waals surface area contributed by atoms with Crippen LogP contribution in [0.2, 0.25) is 0 Å². The number of anilines is 1. The van der Waals surface area contributed by atoms with E-state index in [1.165, 1.54) is 23.7 Å². The van der Waals surface area contributed by atoms with E-state index in [0.717, 1.165) is 18.1 Å². The second-order valence-corrected chi connectivity index (χ2v) is 8.75. The maximum atomic E-state index is 14.3. The molecule has 146 valence electrons. The number of rotatable bonds is 5. The van der Waals surface area contributed by atoms with Crippen molar-refractivity contribution in [1.29, 1.82) is 0 Å². The summed E-state index contributed by atoms with van der Waals surface area (Å²) in [6.45, 7) is 2.57. The van der Waals surface area contributed by atoms with Gasteiger partial charge < -0.3 is 4.74 Å². The van der Waals surface area contributed by atoms with Gasteiger partial charge in [0.2, 0.25) is 0 Å². The smallest absolute Gasteiger partial charge is 0.414 e. The Hall–Kier alpha value is -2.64. The van der Waals surface area contributed by atoms with Gasteiger partial charge in [0, 0.05) is 18.2 Å². The molecule has 10 heteroatoms. The second kappa shape index (κ2) is 7.54. The summed E-state index contributed by atoms with van der Waals surface area (Å²) in [4.78, 5) is 25.0. The van der Waals surface area contributed by atoms with Crippen molar-refractivity contribution in [3.8, 4) is 11.8 Å². The largest absolute Gasteiger partial charge is 0.444 e. The Bertz CT molecular complexity index is 936. The standard InChI is InChI=1S/C17H19FN2O6S/c1-4-5-11-6-7-14(13(18)8-11)20-10-12(26-16(20)22)9-17(2,15(21)19-23)27(3,24)25/h6-8,12,23H,9-10H2,1-3H3,(H,19,21). The lowest BCUT2D eigenvalue weighted by Gasteiger charge is -2.26. The molecule has 1 aromatic carbocycles. The summed E-state index contributed by atoms with van der Waals surface area (Å²) in [6, 6.07) is 4.08. The molecular weight excluding hydrogens is 379 g/mol. The van der Waals surface area contributed by atoms with Gasteiger partial charge in [-0.2, -0.15) is 0 Å². The van der Waals surface area contributed by atoms with Crippen LogP contribution in [-0.2, 0) is 19.4 Å². The number of carbonyl (C=O) groups is 2. The molecule has 2 N–H and O–H groups in total. The zero-order valence-corrected chi connectivity index (χ0v) is 15.8. The third-order valence-electron chi connectivity index (χ3n) is 4.40. The molecule has 0 saturated carbocycles. The summed E-state index contributed by atoms with van der Waals surface area (Å²) in [5.41, 5.74) is 1.71. The van der Waals surface area contributed by atoms with Crippen molar-refractivity contribution in [3.05, 3.63) is 29.6 Å². The molecule has 1 aliphatic heterocycles. The number of hydrogen-bond donors (Lipinski definition) is 2. The summed E-state index contributed by atoms with van der Waals surface area (Å²) in [7, 11) is -3.95. The Morgan fingerprint density at radius 3 is 2.70 bits per heavy atom. The number of halogens is 1. The average Bonchev–Trinajstić information content (AvgIpc) is 2.93. The Morgan fingerprint density at radius 1 is 1.52 bits per heavy atom. The van der Waals surface area contributed by atoms with Gasteiger partial charge in [0.25, 0.3) is 5.91 Å². The summed E-state index contributed by atoms with van der Waals surface area (Å²) in [5, 5.41) is 8.85. The first-order valence-electron chi connectivity index (χ1n) is 7.88. The highest BCUT2D eigenvalue weighted by Gasteiger charge is 2.48. The highest BCUT2D eigenvalue weighted by Crippen LogP contribution is 2.31. The van der Waals surface area contributed by atoms with Gasteiger partial charge in [-0.15, -0.1) is 5.92 Å². The molecule has 0 aromatic heterocycles. The van der Waals surface area contributed by atoms with E-state index in [4.69, 9.17) is 9.94 Å². The van der Waals surface area contributed by atoms with Crippen molar-refractivity contribution in [2.75, 3.05) is 17.7 Å². The highest BCUT2D eigenvalue weighted by molar-refractivity contribution is 7.92. The second-order valence-electron chi connectivity index (χ2n) is 6.31. The van der Waals surface area contributed by atoms with Gasteiger partial charge in [-0.05, 0) is 32.0 Å². The minimum atomic E-state index is -3.95. The van der Waals surface area contributed by atoms with Crippen molar-refractivity contribution in [1.82, 2.24) is 5.48 Å². The first-order valence-corrected chi connectivity index (χ1v) is 9.77. The number of carbonyl (C=O) groups excluding carboxylic acids is 2. The van der Waals surface area contributed by atoms with E-state index in [0.29, 0.717) is 5.56 Å². The monoisotopic (exact) mass is 398 g/mol. The topological polar surface area (TPSA) is 113 Å².